The van der Waals surface area contributed by atoms with Gasteiger partial charge >= 0.3 is 0 Å². The van der Waals surface area contributed by atoms with Gasteiger partial charge in [-0.3, -0.25) is 19.2 Å². The molecule has 0 aliphatic rings. The summed E-state index contributed by atoms with van der Waals surface area (Å²) in [7, 11) is 0. The maximum atomic E-state index is 12.1. The molecule has 0 spiro atoms. The van der Waals surface area contributed by atoms with Crippen LogP contribution in [0.3, 0.4) is 0 Å². The molecule has 0 atom stereocenters. The average molecular weight is 409 g/mol. The molecule has 9 heteroatoms. The van der Waals surface area contributed by atoms with Gasteiger partial charge in [-0.2, -0.15) is 5.10 Å². The number of carbonyl (C=O) groups is 4. The van der Waals surface area contributed by atoms with Gasteiger partial charge in [0.2, 0.25) is 17.7 Å². The standard InChI is InChI=1S/C21H23N5O4/c1-13(12-20(29)24-19-10-8-18(9-11-19)23-15(3)28)25-26-21(30)16-4-6-17(7-5-16)22-14(2)27/h4-11H,12H2,1-3H3,(H,22,27)(H,23,28)(H,24,29)(H,26,30)/b25-13+. The number of hydrogen-bond donors (Lipinski definition) is 4. The summed E-state index contributed by atoms with van der Waals surface area (Å²) in [5, 5.41) is 11.9. The first-order chi connectivity index (χ1) is 14.2. The highest BCUT2D eigenvalue weighted by atomic mass is 16.2. The number of nitrogens with one attached hydrogen (secondary N) is 4. The highest BCUT2D eigenvalue weighted by molar-refractivity contribution is 6.06. The summed E-state index contributed by atoms with van der Waals surface area (Å²) in [5.41, 5.74) is 4.97. The van der Waals surface area contributed by atoms with Crippen molar-refractivity contribution in [1.82, 2.24) is 5.43 Å². The Morgan fingerprint density at radius 3 is 1.60 bits per heavy atom. The van der Waals surface area contributed by atoms with Crippen LogP contribution in [0.4, 0.5) is 17.1 Å². The van der Waals surface area contributed by atoms with Crippen LogP contribution in [0.25, 0.3) is 0 Å². The molecule has 0 heterocycles. The molecule has 156 valence electrons. The zero-order valence-electron chi connectivity index (χ0n) is 16.9. The molecule has 0 radical (unpaired) electrons. The fourth-order valence-electron chi connectivity index (χ4n) is 2.44. The van der Waals surface area contributed by atoms with Gasteiger partial charge in [-0.25, -0.2) is 5.43 Å². The maximum absolute atomic E-state index is 12.1. The van der Waals surface area contributed by atoms with Crippen molar-refractivity contribution in [2.75, 3.05) is 16.0 Å². The molecule has 9 nitrogen and oxygen atoms in total. The number of rotatable bonds is 7. The van der Waals surface area contributed by atoms with E-state index >= 15 is 0 Å². The Bertz CT molecular complexity index is 966. The molecular formula is C21H23N5O4. The minimum absolute atomic E-state index is 0.00477. The fourth-order valence-corrected chi connectivity index (χ4v) is 2.44. The number of amides is 4. The molecule has 2 aromatic carbocycles. The third-order valence-corrected chi connectivity index (χ3v) is 3.72. The Morgan fingerprint density at radius 1 is 0.700 bits per heavy atom. The van der Waals surface area contributed by atoms with Crippen LogP contribution < -0.4 is 21.4 Å². The van der Waals surface area contributed by atoms with E-state index in [4.69, 9.17) is 0 Å². The minimum Gasteiger partial charge on any atom is -0.326 e. The topological polar surface area (TPSA) is 129 Å². The number of benzene rings is 2. The Morgan fingerprint density at radius 2 is 1.13 bits per heavy atom. The second-order valence-corrected chi connectivity index (χ2v) is 6.53. The Labute approximate surface area is 173 Å². The van der Waals surface area contributed by atoms with Crippen molar-refractivity contribution < 1.29 is 19.2 Å². The van der Waals surface area contributed by atoms with E-state index in [2.05, 4.69) is 26.5 Å². The van der Waals surface area contributed by atoms with Gasteiger partial charge in [-0.15, -0.1) is 0 Å². The fraction of sp³-hybridized carbons (Fsp3) is 0.190. The van der Waals surface area contributed by atoms with Crippen LogP contribution >= 0.6 is 0 Å². The van der Waals surface area contributed by atoms with E-state index in [1.54, 1.807) is 55.5 Å². The van der Waals surface area contributed by atoms with Gasteiger partial charge in [-0.1, -0.05) is 0 Å². The van der Waals surface area contributed by atoms with Crippen LogP contribution in [0.1, 0.15) is 37.6 Å². The summed E-state index contributed by atoms with van der Waals surface area (Å²) in [5.74, 6) is -1.10. The predicted octanol–water partition coefficient (Wildman–Crippen LogP) is 2.74. The lowest BCUT2D eigenvalue weighted by Gasteiger charge is -2.07. The van der Waals surface area contributed by atoms with Crippen molar-refractivity contribution >= 4 is 46.4 Å². The van der Waals surface area contributed by atoms with Crippen molar-refractivity contribution in [1.29, 1.82) is 0 Å². The van der Waals surface area contributed by atoms with E-state index in [1.807, 2.05) is 0 Å². The minimum atomic E-state index is -0.433. The zero-order valence-corrected chi connectivity index (χ0v) is 16.9. The Kier molecular flexibility index (Phi) is 7.81. The summed E-state index contributed by atoms with van der Waals surface area (Å²) in [4.78, 5) is 46.3. The molecule has 30 heavy (non-hydrogen) atoms. The smallest absolute Gasteiger partial charge is 0.271 e. The molecule has 0 bridgehead atoms. The van der Waals surface area contributed by atoms with E-state index in [0.29, 0.717) is 28.3 Å². The normalized spacial score (nSPS) is 10.7. The van der Waals surface area contributed by atoms with Crippen molar-refractivity contribution in [2.45, 2.75) is 27.2 Å². The lowest BCUT2D eigenvalue weighted by atomic mass is 10.2. The first-order valence-corrected chi connectivity index (χ1v) is 9.11. The Balaban J connectivity index is 1.85. The first-order valence-electron chi connectivity index (χ1n) is 9.11. The molecular weight excluding hydrogens is 386 g/mol. The second kappa shape index (κ2) is 10.5. The van der Waals surface area contributed by atoms with Gasteiger partial charge in [0.25, 0.3) is 5.91 Å². The third kappa shape index (κ3) is 7.55. The molecule has 0 aliphatic heterocycles. The highest BCUT2D eigenvalue weighted by Gasteiger charge is 2.08. The summed E-state index contributed by atoms with van der Waals surface area (Å²) in [6.07, 6.45) is -0.00477. The van der Waals surface area contributed by atoms with E-state index in [1.165, 1.54) is 13.8 Å². The molecule has 2 rings (SSSR count). The molecule has 4 amide bonds. The monoisotopic (exact) mass is 409 g/mol. The number of anilines is 3. The lowest BCUT2D eigenvalue weighted by Crippen LogP contribution is -2.21. The summed E-state index contributed by atoms with van der Waals surface area (Å²) >= 11 is 0. The van der Waals surface area contributed by atoms with E-state index < -0.39 is 5.91 Å². The van der Waals surface area contributed by atoms with Crippen LogP contribution in [-0.4, -0.2) is 29.3 Å². The maximum Gasteiger partial charge on any atom is 0.271 e. The quantitative estimate of drug-likeness (QED) is 0.414. The molecule has 2 aromatic rings. The van der Waals surface area contributed by atoms with Crippen LogP contribution in [-0.2, 0) is 14.4 Å². The van der Waals surface area contributed by atoms with E-state index in [-0.39, 0.29) is 24.1 Å². The zero-order chi connectivity index (χ0) is 22.1. The number of nitrogens with zero attached hydrogens (tertiary/aromatic N) is 1. The SMILES string of the molecule is CC(=O)Nc1ccc(NC(=O)C/C(C)=N/NC(=O)c2ccc(NC(C)=O)cc2)cc1. The van der Waals surface area contributed by atoms with Gasteiger partial charge in [0.1, 0.15) is 0 Å². The molecule has 0 aliphatic carbocycles. The predicted molar refractivity (Wildman–Crippen MR) is 115 cm³/mol. The third-order valence-electron chi connectivity index (χ3n) is 3.72. The van der Waals surface area contributed by atoms with E-state index in [0.717, 1.165) is 0 Å². The number of hydrogen-bond acceptors (Lipinski definition) is 5. The van der Waals surface area contributed by atoms with Gasteiger partial charge < -0.3 is 16.0 Å². The molecule has 0 fully saturated rings. The summed E-state index contributed by atoms with van der Waals surface area (Å²) in [6.45, 7) is 4.44. The van der Waals surface area contributed by atoms with Gasteiger partial charge in [0.05, 0.1) is 6.42 Å². The van der Waals surface area contributed by atoms with Crippen molar-refractivity contribution in [3.8, 4) is 0 Å². The largest absolute Gasteiger partial charge is 0.326 e. The number of carbonyl (C=O) groups excluding carboxylic acids is 4. The van der Waals surface area contributed by atoms with Gasteiger partial charge in [0, 0.05) is 42.2 Å². The van der Waals surface area contributed by atoms with Crippen molar-refractivity contribution in [2.24, 2.45) is 5.10 Å². The molecule has 0 saturated carbocycles. The molecule has 0 aromatic heterocycles. The molecule has 0 saturated heterocycles. The Hall–Kier alpha value is -4.01. The van der Waals surface area contributed by atoms with Crippen LogP contribution in [0, 0.1) is 0 Å². The molecule has 0 unspecified atom stereocenters. The van der Waals surface area contributed by atoms with Crippen molar-refractivity contribution in [3.63, 3.8) is 0 Å². The second-order valence-electron chi connectivity index (χ2n) is 6.53. The first kappa shape index (κ1) is 22.3. The summed E-state index contributed by atoms with van der Waals surface area (Å²) in [6, 6.07) is 13.0. The lowest BCUT2D eigenvalue weighted by molar-refractivity contribution is -0.115. The van der Waals surface area contributed by atoms with Gasteiger partial charge in [-0.05, 0) is 55.5 Å². The molecule has 4 N–H and O–H groups in total. The van der Waals surface area contributed by atoms with Crippen LogP contribution in [0.5, 0.6) is 0 Å². The van der Waals surface area contributed by atoms with Crippen molar-refractivity contribution in [3.05, 3.63) is 54.1 Å². The van der Waals surface area contributed by atoms with Gasteiger partial charge in [0.15, 0.2) is 0 Å². The average Bonchev–Trinajstić information content (AvgIpc) is 2.67. The highest BCUT2D eigenvalue weighted by Crippen LogP contribution is 2.14. The number of hydrazone groups is 1. The summed E-state index contributed by atoms with van der Waals surface area (Å²) < 4.78 is 0. The van der Waals surface area contributed by atoms with E-state index in [9.17, 15) is 19.2 Å². The van der Waals surface area contributed by atoms with Crippen LogP contribution in [0.2, 0.25) is 0 Å². The van der Waals surface area contributed by atoms with Crippen LogP contribution in [0.15, 0.2) is 53.6 Å².